The molecule has 0 aromatic heterocycles. The maximum absolute atomic E-state index is 11.5. The number of anilines is 2. The van der Waals surface area contributed by atoms with Gasteiger partial charge in [0.15, 0.2) is 0 Å². The van der Waals surface area contributed by atoms with Crippen molar-refractivity contribution in [1.29, 1.82) is 0 Å². The quantitative estimate of drug-likeness (QED) is 0.515. The summed E-state index contributed by atoms with van der Waals surface area (Å²) in [6, 6.07) is 4.83. The van der Waals surface area contributed by atoms with E-state index in [-0.39, 0.29) is 6.54 Å². The number of benzene rings is 1. The molecule has 0 unspecified atom stereocenters. The van der Waals surface area contributed by atoms with Crippen LogP contribution in [0.1, 0.15) is 26.3 Å². The van der Waals surface area contributed by atoms with E-state index in [9.17, 15) is 14.4 Å². The number of esters is 1. The number of amides is 1. The highest BCUT2D eigenvalue weighted by atomic mass is 16.6. The van der Waals surface area contributed by atoms with Crippen LogP contribution >= 0.6 is 0 Å². The minimum Gasteiger partial charge on any atom is -0.480 e. The van der Waals surface area contributed by atoms with Gasteiger partial charge in [0.05, 0.1) is 17.9 Å². The molecule has 1 amide bonds. The fourth-order valence-electron chi connectivity index (χ4n) is 2.76. The number of nitrogens with one attached hydrogen (secondary N) is 1. The molecule has 1 aromatic carbocycles. The monoisotopic (exact) mass is 361 g/mol. The van der Waals surface area contributed by atoms with E-state index in [0.29, 0.717) is 12.1 Å². The molecule has 0 radical (unpaired) electrons. The highest BCUT2D eigenvalue weighted by Crippen LogP contribution is 2.35. The summed E-state index contributed by atoms with van der Waals surface area (Å²) in [5, 5.41) is 12.1. The van der Waals surface area contributed by atoms with Crippen molar-refractivity contribution in [3.05, 3.63) is 36.0 Å². The number of hydrogen-bond donors (Lipinski definition) is 3. The second-order valence-corrected chi connectivity index (χ2v) is 6.75. The van der Waals surface area contributed by atoms with E-state index < -0.39 is 29.5 Å². The molecule has 0 saturated heterocycles. The zero-order chi connectivity index (χ0) is 19.5. The average molecular weight is 361 g/mol. The molecule has 1 aliphatic rings. The van der Waals surface area contributed by atoms with Crippen molar-refractivity contribution in [3.63, 3.8) is 0 Å². The molecule has 140 valence electrons. The number of primary amides is 1. The number of nitrogens with zero attached hydrogens (tertiary/aromatic N) is 1. The third-order valence-corrected chi connectivity index (χ3v) is 3.89. The number of carboxylic acids is 1. The first-order chi connectivity index (χ1) is 12.1. The molecule has 1 atom stereocenters. The van der Waals surface area contributed by atoms with Crippen molar-refractivity contribution < 1.29 is 24.2 Å². The number of allylic oxidation sites excluding steroid dienone is 1. The molecule has 0 aliphatic carbocycles. The number of rotatable bonds is 6. The molecular weight excluding hydrogens is 338 g/mol. The van der Waals surface area contributed by atoms with E-state index in [2.05, 4.69) is 5.32 Å². The summed E-state index contributed by atoms with van der Waals surface area (Å²) >= 11 is 0. The Morgan fingerprint density at radius 2 is 2.08 bits per heavy atom. The summed E-state index contributed by atoms with van der Waals surface area (Å²) in [4.78, 5) is 35.5. The second-order valence-electron chi connectivity index (χ2n) is 6.75. The predicted octanol–water partition coefficient (Wildman–Crippen LogP) is 1.25. The topological polar surface area (TPSA) is 122 Å². The molecule has 1 heterocycles. The maximum atomic E-state index is 11.5. The Kier molecular flexibility index (Phi) is 5.54. The van der Waals surface area contributed by atoms with Gasteiger partial charge in [0, 0.05) is 6.20 Å². The van der Waals surface area contributed by atoms with E-state index in [0.717, 1.165) is 11.3 Å². The lowest BCUT2D eigenvalue weighted by Gasteiger charge is -2.35. The Balaban J connectivity index is 2.29. The molecule has 26 heavy (non-hydrogen) atoms. The van der Waals surface area contributed by atoms with Crippen LogP contribution in [-0.4, -0.2) is 41.1 Å². The smallest absolute Gasteiger partial charge is 0.397 e. The third kappa shape index (κ3) is 4.53. The second kappa shape index (κ2) is 7.47. The third-order valence-electron chi connectivity index (χ3n) is 3.89. The minimum absolute atomic E-state index is 0.260. The molecule has 2 rings (SSSR count). The van der Waals surface area contributed by atoms with E-state index in [1.165, 1.54) is 0 Å². The van der Waals surface area contributed by atoms with Crippen LogP contribution in [0.25, 0.3) is 0 Å². The van der Waals surface area contributed by atoms with Gasteiger partial charge < -0.3 is 25.8 Å². The number of aliphatic carboxylic acids is 1. The van der Waals surface area contributed by atoms with E-state index in [1.807, 2.05) is 29.3 Å². The number of para-hydroxylation sites is 1. The molecule has 0 fully saturated rings. The van der Waals surface area contributed by atoms with Gasteiger partial charge in [0.1, 0.15) is 11.6 Å². The molecule has 1 aliphatic heterocycles. The van der Waals surface area contributed by atoms with Gasteiger partial charge >= 0.3 is 17.8 Å². The van der Waals surface area contributed by atoms with Gasteiger partial charge in [-0.3, -0.25) is 9.59 Å². The number of hydrogen-bond acceptors (Lipinski definition) is 6. The molecule has 0 saturated carbocycles. The Hall–Kier alpha value is -3.03. The number of carbonyl (C=O) groups is 3. The Bertz CT molecular complexity index is 757. The van der Waals surface area contributed by atoms with Gasteiger partial charge in [-0.05, 0) is 38.8 Å². The van der Waals surface area contributed by atoms with Crippen molar-refractivity contribution in [2.45, 2.75) is 38.8 Å². The summed E-state index contributed by atoms with van der Waals surface area (Å²) in [5.74, 6) is -3.20. The van der Waals surface area contributed by atoms with Crippen molar-refractivity contribution in [2.75, 3.05) is 16.8 Å². The zero-order valence-corrected chi connectivity index (χ0v) is 15.0. The van der Waals surface area contributed by atoms with Crippen LogP contribution in [0.3, 0.4) is 0 Å². The molecule has 8 heteroatoms. The van der Waals surface area contributed by atoms with Crippen LogP contribution in [0.2, 0.25) is 0 Å². The number of ether oxygens (including phenoxy) is 1. The largest absolute Gasteiger partial charge is 0.480 e. The average Bonchev–Trinajstić information content (AvgIpc) is 2.54. The zero-order valence-electron chi connectivity index (χ0n) is 15.0. The fourth-order valence-corrected chi connectivity index (χ4v) is 2.76. The number of carbonyl (C=O) groups excluding carboxylic acids is 2. The lowest BCUT2D eigenvalue weighted by atomic mass is 10.0. The molecule has 0 bridgehead atoms. The first-order valence-corrected chi connectivity index (χ1v) is 8.18. The summed E-state index contributed by atoms with van der Waals surface area (Å²) in [6.45, 7) is 5.16. The normalized spacial score (nSPS) is 14.3. The van der Waals surface area contributed by atoms with Gasteiger partial charge in [-0.25, -0.2) is 4.79 Å². The van der Waals surface area contributed by atoms with Gasteiger partial charge in [0.2, 0.25) is 0 Å². The number of nitrogens with two attached hydrogens (primary N) is 1. The summed E-state index contributed by atoms with van der Waals surface area (Å²) in [7, 11) is 0. The van der Waals surface area contributed by atoms with Crippen LogP contribution in [0.5, 0.6) is 0 Å². The van der Waals surface area contributed by atoms with Gasteiger partial charge in [-0.2, -0.15) is 0 Å². The number of carboxylic acid groups (broad SMARTS) is 1. The molecular formula is C18H23N3O5. The van der Waals surface area contributed by atoms with E-state index >= 15 is 0 Å². The van der Waals surface area contributed by atoms with E-state index in [1.54, 1.807) is 26.8 Å². The first kappa shape index (κ1) is 19.3. The highest BCUT2D eigenvalue weighted by Gasteiger charge is 2.30. The molecule has 8 nitrogen and oxygen atoms in total. The van der Waals surface area contributed by atoms with Crippen LogP contribution in [0.4, 0.5) is 11.4 Å². The molecule has 4 N–H and O–H groups in total. The van der Waals surface area contributed by atoms with Crippen LogP contribution in [0, 0.1) is 0 Å². The van der Waals surface area contributed by atoms with Crippen LogP contribution < -0.4 is 16.0 Å². The maximum Gasteiger partial charge on any atom is 0.397 e. The lowest BCUT2D eigenvalue weighted by Crippen LogP contribution is -2.43. The SMILES string of the molecule is C[C@H](Nc1cccc2c1N(CC(C)(C)OC(=O)C(N)=O)C=CC2)C(=O)O. The highest BCUT2D eigenvalue weighted by molar-refractivity contribution is 6.31. The Labute approximate surface area is 151 Å². The van der Waals surface area contributed by atoms with Crippen LogP contribution in [-0.2, 0) is 25.5 Å². The fraction of sp³-hybridized carbons (Fsp3) is 0.389. The first-order valence-electron chi connectivity index (χ1n) is 8.18. The summed E-state index contributed by atoms with van der Waals surface area (Å²) < 4.78 is 5.17. The van der Waals surface area contributed by atoms with Gasteiger partial charge in [-0.1, -0.05) is 18.2 Å². The van der Waals surface area contributed by atoms with Gasteiger partial charge in [-0.15, -0.1) is 0 Å². The van der Waals surface area contributed by atoms with Crippen molar-refractivity contribution >= 4 is 29.2 Å². The minimum atomic E-state index is -1.15. The van der Waals surface area contributed by atoms with Crippen molar-refractivity contribution in [3.8, 4) is 0 Å². The Morgan fingerprint density at radius 3 is 2.69 bits per heavy atom. The lowest BCUT2D eigenvalue weighted by molar-refractivity contribution is -0.162. The van der Waals surface area contributed by atoms with E-state index in [4.69, 9.17) is 15.6 Å². The molecule has 0 spiro atoms. The summed E-state index contributed by atoms with van der Waals surface area (Å²) in [5.41, 5.74) is 6.45. The Morgan fingerprint density at radius 1 is 1.38 bits per heavy atom. The van der Waals surface area contributed by atoms with Gasteiger partial charge in [0.25, 0.3) is 0 Å². The van der Waals surface area contributed by atoms with Crippen molar-refractivity contribution in [1.82, 2.24) is 0 Å². The van der Waals surface area contributed by atoms with Crippen LogP contribution in [0.15, 0.2) is 30.5 Å². The molecule has 1 aromatic rings. The predicted molar refractivity (Wildman–Crippen MR) is 96.7 cm³/mol. The van der Waals surface area contributed by atoms with Crippen molar-refractivity contribution in [2.24, 2.45) is 5.73 Å². The standard InChI is InChI=1S/C18H23N3O5/c1-11(16(23)24)20-13-8-4-6-12-7-5-9-21(14(12)13)10-18(2,3)26-17(25)15(19)22/h4-6,8-9,11,20H,7,10H2,1-3H3,(H2,19,22)(H,23,24)/t11-/m0/s1. The number of fused-ring (bicyclic) bond motifs is 1. The summed E-state index contributed by atoms with van der Waals surface area (Å²) in [6.07, 6.45) is 4.50.